The van der Waals surface area contributed by atoms with Crippen LogP contribution in [-0.2, 0) is 11.3 Å². The highest BCUT2D eigenvalue weighted by atomic mass is 32.1. The summed E-state index contributed by atoms with van der Waals surface area (Å²) < 4.78 is 9.70. The predicted octanol–water partition coefficient (Wildman–Crippen LogP) is 0.225. The highest BCUT2D eigenvalue weighted by molar-refractivity contribution is 7.80. The first kappa shape index (κ1) is 12.6. The first-order valence-electron chi connectivity index (χ1n) is 4.59. The summed E-state index contributed by atoms with van der Waals surface area (Å²) in [7, 11) is 1.52. The lowest BCUT2D eigenvalue weighted by molar-refractivity contribution is 0.0939. The average Bonchev–Trinajstić information content (AvgIpc) is 2.66. The zero-order valence-electron chi connectivity index (χ0n) is 9.02. The smallest absolute Gasteiger partial charge is 0.274 e. The van der Waals surface area contributed by atoms with Gasteiger partial charge < -0.3 is 20.3 Å². The normalized spacial score (nSPS) is 12.1. The minimum atomic E-state index is -0.384. The van der Waals surface area contributed by atoms with Crippen LogP contribution in [-0.4, -0.2) is 29.2 Å². The highest BCUT2D eigenvalue weighted by Crippen LogP contribution is 2.04. The fraction of sp³-hybridized carbons (Fsp3) is 0.444. The molecule has 88 valence electrons. The van der Waals surface area contributed by atoms with Crippen LogP contribution in [0, 0.1) is 0 Å². The number of nitrogens with one attached hydrogen (secondary N) is 1. The van der Waals surface area contributed by atoms with Gasteiger partial charge in [-0.2, -0.15) is 0 Å². The maximum Gasteiger partial charge on any atom is 0.274 e. The van der Waals surface area contributed by atoms with E-state index in [2.05, 4.69) is 10.5 Å². The van der Waals surface area contributed by atoms with Crippen molar-refractivity contribution in [3.8, 4) is 0 Å². The Hall–Kier alpha value is -1.47. The number of carbonyl (C=O) groups is 1. The predicted molar refractivity (Wildman–Crippen MR) is 60.9 cm³/mol. The topological polar surface area (TPSA) is 90.4 Å². The largest absolute Gasteiger partial charge is 0.392 e. The zero-order valence-corrected chi connectivity index (χ0v) is 9.84. The van der Waals surface area contributed by atoms with Crippen LogP contribution >= 0.6 is 12.2 Å². The summed E-state index contributed by atoms with van der Waals surface area (Å²) in [6.07, 6.45) is 0. The number of hydrogen-bond acceptors (Lipinski definition) is 5. The number of aromatic nitrogens is 1. The van der Waals surface area contributed by atoms with E-state index in [1.807, 2.05) is 0 Å². The van der Waals surface area contributed by atoms with Gasteiger partial charge >= 0.3 is 0 Å². The van der Waals surface area contributed by atoms with Gasteiger partial charge in [-0.3, -0.25) is 4.79 Å². The summed E-state index contributed by atoms with van der Waals surface area (Å²) in [4.78, 5) is 11.8. The second kappa shape index (κ2) is 5.57. The maximum atomic E-state index is 11.6. The monoisotopic (exact) mass is 243 g/mol. The first-order chi connectivity index (χ1) is 7.54. The van der Waals surface area contributed by atoms with Crippen molar-refractivity contribution in [3.63, 3.8) is 0 Å². The third-order valence-corrected chi connectivity index (χ3v) is 2.21. The van der Waals surface area contributed by atoms with Gasteiger partial charge in [-0.05, 0) is 6.92 Å². The zero-order chi connectivity index (χ0) is 12.1. The SMILES string of the molecule is COCc1cc(C(=O)NC(C)C(N)=S)no1. The van der Waals surface area contributed by atoms with Crippen molar-refractivity contribution in [2.45, 2.75) is 19.6 Å². The fourth-order valence-corrected chi connectivity index (χ4v) is 1.03. The van der Waals surface area contributed by atoms with Gasteiger partial charge in [0.1, 0.15) is 6.61 Å². The molecule has 0 saturated heterocycles. The molecule has 7 heteroatoms. The number of nitrogens with zero attached hydrogens (tertiary/aromatic N) is 1. The first-order valence-corrected chi connectivity index (χ1v) is 5.00. The van der Waals surface area contributed by atoms with E-state index in [0.717, 1.165) is 0 Å². The second-order valence-electron chi connectivity index (χ2n) is 3.21. The summed E-state index contributed by atoms with van der Waals surface area (Å²) in [5.41, 5.74) is 5.54. The van der Waals surface area contributed by atoms with Crippen LogP contribution in [0.4, 0.5) is 0 Å². The molecule has 0 aromatic carbocycles. The lowest BCUT2D eigenvalue weighted by Gasteiger charge is -2.09. The Balaban J connectivity index is 2.62. The molecule has 0 aliphatic rings. The second-order valence-corrected chi connectivity index (χ2v) is 3.68. The van der Waals surface area contributed by atoms with E-state index >= 15 is 0 Å². The Morgan fingerprint density at radius 2 is 2.50 bits per heavy atom. The van der Waals surface area contributed by atoms with Gasteiger partial charge in [-0.15, -0.1) is 0 Å². The van der Waals surface area contributed by atoms with E-state index in [1.165, 1.54) is 13.2 Å². The van der Waals surface area contributed by atoms with E-state index in [-0.39, 0.29) is 29.2 Å². The molecule has 16 heavy (non-hydrogen) atoms. The summed E-state index contributed by atoms with van der Waals surface area (Å²) in [6.45, 7) is 1.96. The van der Waals surface area contributed by atoms with Crippen LogP contribution in [0.5, 0.6) is 0 Å². The molecule has 0 saturated carbocycles. The molecule has 0 fully saturated rings. The molecule has 0 bridgehead atoms. The maximum absolute atomic E-state index is 11.6. The molecule has 0 aliphatic carbocycles. The van der Waals surface area contributed by atoms with Crippen molar-refractivity contribution < 1.29 is 14.1 Å². The van der Waals surface area contributed by atoms with Crippen molar-refractivity contribution in [3.05, 3.63) is 17.5 Å². The number of nitrogens with two attached hydrogens (primary N) is 1. The molecule has 0 radical (unpaired) electrons. The van der Waals surface area contributed by atoms with Crippen LogP contribution in [0.25, 0.3) is 0 Å². The number of amides is 1. The average molecular weight is 243 g/mol. The Labute approximate surface area is 98.1 Å². The highest BCUT2D eigenvalue weighted by Gasteiger charge is 2.15. The van der Waals surface area contributed by atoms with Crippen molar-refractivity contribution in [2.75, 3.05) is 7.11 Å². The quantitative estimate of drug-likeness (QED) is 0.719. The van der Waals surface area contributed by atoms with E-state index in [9.17, 15) is 4.79 Å². The number of ether oxygens (including phenoxy) is 1. The van der Waals surface area contributed by atoms with E-state index in [1.54, 1.807) is 6.92 Å². The molecular weight excluding hydrogens is 230 g/mol. The Morgan fingerprint density at radius 3 is 3.06 bits per heavy atom. The number of methoxy groups -OCH3 is 1. The van der Waals surface area contributed by atoms with E-state index in [4.69, 9.17) is 27.2 Å². The molecule has 1 aromatic heterocycles. The number of rotatable bonds is 5. The molecule has 1 amide bonds. The van der Waals surface area contributed by atoms with Crippen molar-refractivity contribution >= 4 is 23.1 Å². The van der Waals surface area contributed by atoms with Crippen molar-refractivity contribution in [2.24, 2.45) is 5.73 Å². The van der Waals surface area contributed by atoms with E-state index in [0.29, 0.717) is 5.76 Å². The van der Waals surface area contributed by atoms with Crippen LogP contribution < -0.4 is 11.1 Å². The molecule has 1 rings (SSSR count). The molecule has 3 N–H and O–H groups in total. The van der Waals surface area contributed by atoms with E-state index < -0.39 is 0 Å². The van der Waals surface area contributed by atoms with Gasteiger partial charge in [0.25, 0.3) is 5.91 Å². The van der Waals surface area contributed by atoms with Crippen molar-refractivity contribution in [1.82, 2.24) is 10.5 Å². The number of hydrogen-bond donors (Lipinski definition) is 2. The Morgan fingerprint density at radius 1 is 1.81 bits per heavy atom. The molecule has 1 heterocycles. The molecule has 1 aromatic rings. The summed E-state index contributed by atoms with van der Waals surface area (Å²) in [6, 6.07) is 1.12. The van der Waals surface area contributed by atoms with Gasteiger partial charge in [-0.25, -0.2) is 0 Å². The number of thiocarbonyl (C=S) groups is 1. The lowest BCUT2D eigenvalue weighted by atomic mass is 10.3. The summed E-state index contributed by atoms with van der Waals surface area (Å²) in [5.74, 6) is 0.0991. The standard InChI is InChI=1S/C9H13N3O3S/c1-5(8(10)16)11-9(13)7-3-6(4-14-2)15-12-7/h3,5H,4H2,1-2H3,(H2,10,16)(H,11,13). The third-order valence-electron chi connectivity index (χ3n) is 1.85. The fourth-order valence-electron chi connectivity index (χ4n) is 0.972. The molecular formula is C9H13N3O3S. The minimum Gasteiger partial charge on any atom is -0.392 e. The third kappa shape index (κ3) is 3.28. The van der Waals surface area contributed by atoms with Gasteiger partial charge in [0.05, 0.1) is 11.0 Å². The molecule has 1 atom stereocenters. The molecule has 6 nitrogen and oxygen atoms in total. The minimum absolute atomic E-state index is 0.176. The van der Waals surface area contributed by atoms with Gasteiger partial charge in [0.2, 0.25) is 0 Å². The van der Waals surface area contributed by atoms with Gasteiger partial charge in [-0.1, -0.05) is 17.4 Å². The Bertz CT molecular complexity index is 391. The summed E-state index contributed by atoms with van der Waals surface area (Å²) >= 11 is 4.73. The van der Waals surface area contributed by atoms with Gasteiger partial charge in [0, 0.05) is 13.2 Å². The number of carbonyl (C=O) groups excluding carboxylic acids is 1. The van der Waals surface area contributed by atoms with Crippen molar-refractivity contribution in [1.29, 1.82) is 0 Å². The molecule has 0 spiro atoms. The van der Waals surface area contributed by atoms with Crippen LogP contribution in [0.2, 0.25) is 0 Å². The van der Waals surface area contributed by atoms with Crippen LogP contribution in [0.1, 0.15) is 23.2 Å². The Kier molecular flexibility index (Phi) is 4.39. The van der Waals surface area contributed by atoms with Gasteiger partial charge in [0.15, 0.2) is 11.5 Å². The lowest BCUT2D eigenvalue weighted by Crippen LogP contribution is -2.41. The van der Waals surface area contributed by atoms with Crippen LogP contribution in [0.15, 0.2) is 10.6 Å². The molecule has 1 unspecified atom stereocenters. The van der Waals surface area contributed by atoms with Crippen LogP contribution in [0.3, 0.4) is 0 Å². The molecule has 0 aliphatic heterocycles. The summed E-state index contributed by atoms with van der Waals surface area (Å²) in [5, 5.41) is 6.18.